The molecule has 5 nitrogen and oxygen atoms in total. The van der Waals surface area contributed by atoms with Gasteiger partial charge in [-0.25, -0.2) is 0 Å². The van der Waals surface area contributed by atoms with Crippen LogP contribution in [0, 0.1) is 6.92 Å². The fourth-order valence-electron chi connectivity index (χ4n) is 5.24. The highest BCUT2D eigenvalue weighted by molar-refractivity contribution is 5.91. The molecule has 0 radical (unpaired) electrons. The number of furan rings is 1. The lowest BCUT2D eigenvalue weighted by molar-refractivity contribution is -0.127. The van der Waals surface area contributed by atoms with Crippen LogP contribution >= 0.6 is 0 Å². The van der Waals surface area contributed by atoms with E-state index in [4.69, 9.17) is 4.42 Å². The number of carbonyl (C=O) groups excluding carboxylic acids is 2. The summed E-state index contributed by atoms with van der Waals surface area (Å²) in [7, 11) is 0. The van der Waals surface area contributed by atoms with E-state index < -0.39 is 0 Å². The van der Waals surface area contributed by atoms with Crippen molar-refractivity contribution in [3.63, 3.8) is 0 Å². The largest absolute Gasteiger partial charge is 0.456 e. The first-order valence-corrected chi connectivity index (χ1v) is 12.4. The molecule has 1 aromatic carbocycles. The monoisotopic (exact) mass is 450 g/mol. The fraction of sp³-hybridized carbons (Fsp3) is 0.571. The van der Waals surface area contributed by atoms with E-state index in [0.717, 1.165) is 25.1 Å². The van der Waals surface area contributed by atoms with Crippen molar-refractivity contribution >= 4 is 11.8 Å². The first-order chi connectivity index (χ1) is 15.6. The van der Waals surface area contributed by atoms with E-state index in [0.29, 0.717) is 31.7 Å². The quantitative estimate of drug-likeness (QED) is 0.585. The summed E-state index contributed by atoms with van der Waals surface area (Å²) in [6, 6.07) is 8.40. The molecule has 0 bridgehead atoms. The summed E-state index contributed by atoms with van der Waals surface area (Å²) in [5, 5.41) is 2.92. The third-order valence-electron chi connectivity index (χ3n) is 7.62. The zero-order chi connectivity index (χ0) is 23.8. The lowest BCUT2D eigenvalue weighted by Gasteiger charge is -2.42. The highest BCUT2D eigenvalue weighted by Crippen LogP contribution is 2.46. The second-order valence-electron chi connectivity index (χ2n) is 11.1. The lowest BCUT2D eigenvalue weighted by atomic mass is 9.62. The molecule has 33 heavy (non-hydrogen) atoms. The van der Waals surface area contributed by atoms with Crippen molar-refractivity contribution < 1.29 is 14.0 Å². The van der Waals surface area contributed by atoms with Crippen LogP contribution in [-0.4, -0.2) is 36.3 Å². The van der Waals surface area contributed by atoms with E-state index >= 15 is 0 Å². The molecular formula is C28H38N2O3. The Kier molecular flexibility index (Phi) is 6.43. The van der Waals surface area contributed by atoms with Crippen molar-refractivity contribution in [2.24, 2.45) is 0 Å². The van der Waals surface area contributed by atoms with Gasteiger partial charge >= 0.3 is 0 Å². The molecule has 1 aromatic heterocycles. The maximum atomic E-state index is 12.5. The Morgan fingerprint density at radius 3 is 2.45 bits per heavy atom. The van der Waals surface area contributed by atoms with Gasteiger partial charge in [0, 0.05) is 32.5 Å². The molecule has 1 fully saturated rings. The number of likely N-dealkylation sites (tertiary alicyclic amines) is 1. The minimum Gasteiger partial charge on any atom is -0.456 e. The molecule has 4 rings (SSSR count). The van der Waals surface area contributed by atoms with Gasteiger partial charge in [0.05, 0.1) is 0 Å². The van der Waals surface area contributed by atoms with Crippen LogP contribution in [0.1, 0.15) is 98.4 Å². The summed E-state index contributed by atoms with van der Waals surface area (Å²) >= 11 is 0. The first-order valence-electron chi connectivity index (χ1n) is 12.4. The van der Waals surface area contributed by atoms with Gasteiger partial charge in [-0.2, -0.15) is 0 Å². The number of benzene rings is 1. The Hall–Kier alpha value is -2.56. The molecule has 1 saturated heterocycles. The molecule has 0 spiro atoms. The normalized spacial score (nSPS) is 18.9. The summed E-state index contributed by atoms with van der Waals surface area (Å²) in [5.41, 5.74) is 5.82. The van der Waals surface area contributed by atoms with Gasteiger partial charge in [0.25, 0.3) is 5.91 Å². The smallest absolute Gasteiger partial charge is 0.286 e. The first kappa shape index (κ1) is 23.6. The number of hydrogen-bond donors (Lipinski definition) is 1. The Bertz CT molecular complexity index is 1050. The molecule has 0 saturated carbocycles. The Balaban J connectivity index is 1.39. The third kappa shape index (κ3) is 5.02. The Morgan fingerprint density at radius 1 is 1.09 bits per heavy atom. The molecule has 178 valence electrons. The summed E-state index contributed by atoms with van der Waals surface area (Å²) in [4.78, 5) is 26.0. The summed E-state index contributed by atoms with van der Waals surface area (Å²) < 4.78 is 5.91. The fourth-order valence-corrected chi connectivity index (χ4v) is 5.24. The van der Waals surface area contributed by atoms with Gasteiger partial charge in [-0.3, -0.25) is 9.59 Å². The van der Waals surface area contributed by atoms with Crippen LogP contribution in [0.3, 0.4) is 0 Å². The van der Waals surface area contributed by atoms with Crippen LogP contribution in [0.4, 0.5) is 0 Å². The summed E-state index contributed by atoms with van der Waals surface area (Å²) in [6.45, 7) is 13.6. The molecule has 1 aliphatic carbocycles. The van der Waals surface area contributed by atoms with Gasteiger partial charge in [0.15, 0.2) is 5.76 Å². The van der Waals surface area contributed by atoms with Crippen LogP contribution in [0.5, 0.6) is 0 Å². The van der Waals surface area contributed by atoms with E-state index in [2.05, 4.69) is 52.1 Å². The number of amides is 2. The highest BCUT2D eigenvalue weighted by atomic mass is 16.3. The molecule has 5 heteroatoms. The van der Waals surface area contributed by atoms with Gasteiger partial charge < -0.3 is 14.6 Å². The maximum absolute atomic E-state index is 12.5. The average Bonchev–Trinajstić information content (AvgIpc) is 3.39. The Labute approximate surface area is 197 Å². The number of carbonyl (C=O) groups is 2. The van der Waals surface area contributed by atoms with Crippen molar-refractivity contribution in [3.8, 4) is 0 Å². The third-order valence-corrected chi connectivity index (χ3v) is 7.62. The van der Waals surface area contributed by atoms with E-state index in [1.165, 1.54) is 35.1 Å². The molecule has 0 unspecified atom stereocenters. The van der Waals surface area contributed by atoms with Crippen LogP contribution in [0.25, 0.3) is 0 Å². The van der Waals surface area contributed by atoms with Crippen LogP contribution < -0.4 is 5.32 Å². The minimum atomic E-state index is -0.195. The number of nitrogens with one attached hydrogen (secondary N) is 1. The van der Waals surface area contributed by atoms with E-state index in [-0.39, 0.29) is 22.6 Å². The number of aryl methyl sites for hydroxylation is 1. The number of rotatable bonds is 7. The SMILES string of the molecule is Cc1cc2c(cc1Cc1ccc(C(=O)NCCCN3CCCC3=O)o1)C(C)(C)CCC2(C)C. The molecule has 2 aromatic rings. The van der Waals surface area contributed by atoms with Gasteiger partial charge in [0.2, 0.25) is 5.91 Å². The van der Waals surface area contributed by atoms with Crippen LogP contribution in [0.2, 0.25) is 0 Å². The molecular weight excluding hydrogens is 412 g/mol. The van der Waals surface area contributed by atoms with Gasteiger partial charge in [-0.1, -0.05) is 39.8 Å². The number of fused-ring (bicyclic) bond motifs is 1. The zero-order valence-corrected chi connectivity index (χ0v) is 20.8. The van der Waals surface area contributed by atoms with E-state index in [1.54, 1.807) is 6.07 Å². The molecule has 0 atom stereocenters. The predicted octanol–water partition coefficient (Wildman–Crippen LogP) is 5.27. The van der Waals surface area contributed by atoms with Crippen LogP contribution in [0.15, 0.2) is 28.7 Å². The van der Waals surface area contributed by atoms with Crippen molar-refractivity contribution in [2.75, 3.05) is 19.6 Å². The van der Waals surface area contributed by atoms with E-state index in [9.17, 15) is 9.59 Å². The zero-order valence-electron chi connectivity index (χ0n) is 20.8. The van der Waals surface area contributed by atoms with Crippen molar-refractivity contribution in [2.45, 2.75) is 84.0 Å². The van der Waals surface area contributed by atoms with Gasteiger partial charge in [0.1, 0.15) is 5.76 Å². The van der Waals surface area contributed by atoms with Gasteiger partial charge in [-0.15, -0.1) is 0 Å². The van der Waals surface area contributed by atoms with Crippen LogP contribution in [-0.2, 0) is 22.0 Å². The maximum Gasteiger partial charge on any atom is 0.286 e. The molecule has 1 aliphatic heterocycles. The molecule has 2 aliphatic rings. The number of nitrogens with zero attached hydrogens (tertiary/aromatic N) is 1. The van der Waals surface area contributed by atoms with Crippen molar-refractivity contribution in [1.29, 1.82) is 0 Å². The average molecular weight is 451 g/mol. The molecule has 2 heterocycles. The molecule has 1 N–H and O–H groups in total. The van der Waals surface area contributed by atoms with E-state index in [1.807, 2.05) is 11.0 Å². The Morgan fingerprint density at radius 2 is 1.79 bits per heavy atom. The predicted molar refractivity (Wildman–Crippen MR) is 131 cm³/mol. The second-order valence-corrected chi connectivity index (χ2v) is 11.1. The van der Waals surface area contributed by atoms with Gasteiger partial charge in [-0.05, 0) is 77.8 Å². The standard InChI is InChI=1S/C28H38N2O3/c1-19-16-22-23(28(4,5)12-11-27(22,2)3)18-20(19)17-21-9-10-24(33-21)26(32)29-13-7-15-30-14-6-8-25(30)31/h9-10,16,18H,6-8,11-15,17H2,1-5H3,(H,29,32). The highest BCUT2D eigenvalue weighted by Gasteiger charge is 2.37. The number of hydrogen-bond acceptors (Lipinski definition) is 3. The minimum absolute atomic E-state index is 0.168. The second kappa shape index (κ2) is 9.00. The van der Waals surface area contributed by atoms with Crippen molar-refractivity contribution in [1.82, 2.24) is 10.2 Å². The van der Waals surface area contributed by atoms with Crippen molar-refractivity contribution in [3.05, 3.63) is 58.0 Å². The topological polar surface area (TPSA) is 62.6 Å². The molecule has 2 amide bonds. The lowest BCUT2D eigenvalue weighted by Crippen LogP contribution is -2.34. The summed E-state index contributed by atoms with van der Waals surface area (Å²) in [6.07, 6.45) is 5.43. The summed E-state index contributed by atoms with van der Waals surface area (Å²) in [5.74, 6) is 1.18.